The van der Waals surface area contributed by atoms with Crippen LogP contribution in [0.3, 0.4) is 0 Å². The van der Waals surface area contributed by atoms with Crippen molar-refractivity contribution in [3.05, 3.63) is 29.6 Å². The van der Waals surface area contributed by atoms with Crippen LogP contribution in [0.1, 0.15) is 50.4 Å². The molecule has 0 bridgehead atoms. The second kappa shape index (κ2) is 6.67. The molecule has 1 saturated carbocycles. The van der Waals surface area contributed by atoms with Gasteiger partial charge in [-0.1, -0.05) is 13.0 Å². The molecule has 0 radical (unpaired) electrons. The molecule has 1 spiro atoms. The topological polar surface area (TPSA) is 53.5 Å². The number of amides is 2. The Morgan fingerprint density at radius 2 is 1.96 bits per heavy atom. The first kappa shape index (κ1) is 17.5. The van der Waals surface area contributed by atoms with Crippen molar-refractivity contribution in [2.45, 2.75) is 52.5 Å². The highest BCUT2D eigenvalue weighted by Gasteiger charge is 2.48. The predicted molar refractivity (Wildman–Crippen MR) is 99.1 cm³/mol. The van der Waals surface area contributed by atoms with Gasteiger partial charge in [0.2, 0.25) is 11.8 Å². The minimum Gasteiger partial charge on any atom is -0.342 e. The van der Waals surface area contributed by atoms with Crippen molar-refractivity contribution in [3.63, 3.8) is 0 Å². The number of pyridine rings is 1. The fraction of sp³-hybridized carbons (Fsp3) is 0.667. The van der Waals surface area contributed by atoms with Gasteiger partial charge in [-0.25, -0.2) is 0 Å². The molecular weight excluding hydrogens is 326 g/mol. The monoisotopic (exact) mass is 355 g/mol. The third-order valence-electron chi connectivity index (χ3n) is 6.58. The van der Waals surface area contributed by atoms with Crippen LogP contribution in [0.15, 0.2) is 18.2 Å². The lowest BCUT2D eigenvalue weighted by atomic mass is 9.71. The summed E-state index contributed by atoms with van der Waals surface area (Å²) >= 11 is 0. The lowest BCUT2D eigenvalue weighted by Crippen LogP contribution is -2.54. The zero-order valence-electron chi connectivity index (χ0n) is 15.9. The van der Waals surface area contributed by atoms with Gasteiger partial charge in [-0.3, -0.25) is 14.6 Å². The number of rotatable bonds is 3. The number of aromatic nitrogens is 1. The van der Waals surface area contributed by atoms with Gasteiger partial charge in [-0.05, 0) is 57.1 Å². The molecule has 4 rings (SSSR count). The average molecular weight is 355 g/mol. The quantitative estimate of drug-likeness (QED) is 0.838. The van der Waals surface area contributed by atoms with E-state index < -0.39 is 0 Å². The molecule has 5 nitrogen and oxygen atoms in total. The zero-order valence-corrected chi connectivity index (χ0v) is 15.9. The highest BCUT2D eigenvalue weighted by atomic mass is 16.2. The van der Waals surface area contributed by atoms with E-state index in [-0.39, 0.29) is 17.2 Å². The number of aryl methyl sites for hydroxylation is 1. The summed E-state index contributed by atoms with van der Waals surface area (Å²) in [5.41, 5.74) is 1.70. The SMILES string of the molecule is Cc1cccc(CN2CCCC3(CCN(C(=O)[C@H]4C[C@H]4C)CC3)C2=O)n1. The molecule has 1 aliphatic carbocycles. The summed E-state index contributed by atoms with van der Waals surface area (Å²) in [6.45, 7) is 7.03. The van der Waals surface area contributed by atoms with Crippen molar-refractivity contribution < 1.29 is 9.59 Å². The van der Waals surface area contributed by atoms with Gasteiger partial charge < -0.3 is 9.80 Å². The van der Waals surface area contributed by atoms with Gasteiger partial charge in [0.15, 0.2) is 0 Å². The van der Waals surface area contributed by atoms with Crippen LogP contribution >= 0.6 is 0 Å². The Kier molecular flexibility index (Phi) is 4.49. The Bertz CT molecular complexity index is 709. The number of nitrogens with zero attached hydrogens (tertiary/aromatic N) is 3. The highest BCUT2D eigenvalue weighted by Crippen LogP contribution is 2.44. The minimum absolute atomic E-state index is 0.245. The van der Waals surface area contributed by atoms with E-state index in [1.165, 1.54) is 0 Å². The molecule has 0 aromatic carbocycles. The van der Waals surface area contributed by atoms with Crippen molar-refractivity contribution in [2.24, 2.45) is 17.3 Å². The van der Waals surface area contributed by atoms with E-state index >= 15 is 0 Å². The van der Waals surface area contributed by atoms with E-state index in [0.717, 1.165) is 63.1 Å². The molecule has 140 valence electrons. The summed E-state index contributed by atoms with van der Waals surface area (Å²) in [6, 6.07) is 5.99. The minimum atomic E-state index is -0.256. The molecule has 2 aliphatic heterocycles. The molecule has 0 N–H and O–H groups in total. The first-order valence-corrected chi connectivity index (χ1v) is 9.99. The normalized spacial score (nSPS) is 27.7. The van der Waals surface area contributed by atoms with Crippen molar-refractivity contribution in [1.29, 1.82) is 0 Å². The Hall–Kier alpha value is -1.91. The number of piperidine rings is 2. The van der Waals surface area contributed by atoms with Gasteiger partial charge in [0.1, 0.15) is 0 Å². The molecular formula is C21H29N3O2. The average Bonchev–Trinajstić information content (AvgIpc) is 3.36. The summed E-state index contributed by atoms with van der Waals surface area (Å²) in [6.07, 6.45) is 4.68. The van der Waals surface area contributed by atoms with E-state index in [4.69, 9.17) is 0 Å². The first-order valence-electron chi connectivity index (χ1n) is 9.99. The van der Waals surface area contributed by atoms with E-state index in [1.54, 1.807) is 0 Å². The van der Waals surface area contributed by atoms with Crippen LogP contribution in [0.2, 0.25) is 0 Å². The van der Waals surface area contributed by atoms with Gasteiger partial charge in [-0.2, -0.15) is 0 Å². The van der Waals surface area contributed by atoms with Crippen LogP contribution in [-0.2, 0) is 16.1 Å². The van der Waals surface area contributed by atoms with Crippen molar-refractivity contribution in [2.75, 3.05) is 19.6 Å². The van der Waals surface area contributed by atoms with Crippen molar-refractivity contribution >= 4 is 11.8 Å². The first-order chi connectivity index (χ1) is 12.5. The standard InChI is InChI=1S/C21H29N3O2/c1-15-13-18(15)19(25)23-11-8-21(9-12-23)7-4-10-24(20(21)26)14-17-6-3-5-16(2)22-17/h3,5-6,15,18H,4,7-14H2,1-2H3/t15-,18+/m1/s1. The maximum absolute atomic E-state index is 13.3. The Morgan fingerprint density at radius 3 is 2.62 bits per heavy atom. The Labute approximate surface area is 155 Å². The van der Waals surface area contributed by atoms with Crippen molar-refractivity contribution in [3.8, 4) is 0 Å². The second-order valence-corrected chi connectivity index (χ2v) is 8.53. The molecule has 3 fully saturated rings. The van der Waals surface area contributed by atoms with Crippen LogP contribution in [-0.4, -0.2) is 46.2 Å². The third-order valence-corrected chi connectivity index (χ3v) is 6.58. The maximum Gasteiger partial charge on any atom is 0.229 e. The number of likely N-dealkylation sites (tertiary alicyclic amines) is 2. The van der Waals surface area contributed by atoms with Gasteiger partial charge in [0.25, 0.3) is 0 Å². The van der Waals surface area contributed by atoms with E-state index in [0.29, 0.717) is 18.4 Å². The molecule has 2 saturated heterocycles. The molecule has 2 atom stereocenters. The van der Waals surface area contributed by atoms with Crippen LogP contribution in [0.25, 0.3) is 0 Å². The molecule has 0 unspecified atom stereocenters. The van der Waals surface area contributed by atoms with Gasteiger partial charge in [-0.15, -0.1) is 0 Å². The summed E-state index contributed by atoms with van der Waals surface area (Å²) in [7, 11) is 0. The van der Waals surface area contributed by atoms with Crippen LogP contribution in [0.5, 0.6) is 0 Å². The number of carbonyl (C=O) groups is 2. The van der Waals surface area contributed by atoms with Gasteiger partial charge in [0, 0.05) is 31.2 Å². The van der Waals surface area contributed by atoms with E-state index in [9.17, 15) is 9.59 Å². The Morgan fingerprint density at radius 1 is 1.23 bits per heavy atom. The predicted octanol–water partition coefficient (Wildman–Crippen LogP) is 2.78. The smallest absolute Gasteiger partial charge is 0.229 e. The summed E-state index contributed by atoms with van der Waals surface area (Å²) in [5.74, 6) is 1.39. The fourth-order valence-electron chi connectivity index (χ4n) is 4.71. The zero-order chi connectivity index (χ0) is 18.3. The van der Waals surface area contributed by atoms with Gasteiger partial charge >= 0.3 is 0 Å². The summed E-state index contributed by atoms with van der Waals surface area (Å²) in [4.78, 5) is 34.3. The van der Waals surface area contributed by atoms with Gasteiger partial charge in [0.05, 0.1) is 17.7 Å². The van der Waals surface area contributed by atoms with Crippen LogP contribution in [0.4, 0.5) is 0 Å². The molecule has 3 heterocycles. The molecule has 1 aromatic rings. The maximum atomic E-state index is 13.3. The summed E-state index contributed by atoms with van der Waals surface area (Å²) < 4.78 is 0. The van der Waals surface area contributed by atoms with Crippen LogP contribution in [0, 0.1) is 24.2 Å². The highest BCUT2D eigenvalue weighted by molar-refractivity contribution is 5.85. The molecule has 2 amide bonds. The van der Waals surface area contributed by atoms with Crippen LogP contribution < -0.4 is 0 Å². The molecule has 1 aromatic heterocycles. The van der Waals surface area contributed by atoms with Crippen molar-refractivity contribution in [1.82, 2.24) is 14.8 Å². The number of hydrogen-bond acceptors (Lipinski definition) is 3. The lowest BCUT2D eigenvalue weighted by molar-refractivity contribution is -0.153. The number of carbonyl (C=O) groups excluding carboxylic acids is 2. The third kappa shape index (κ3) is 3.24. The Balaban J connectivity index is 1.41. The molecule has 3 aliphatic rings. The number of hydrogen-bond donors (Lipinski definition) is 0. The molecule has 5 heteroatoms. The molecule has 26 heavy (non-hydrogen) atoms. The second-order valence-electron chi connectivity index (χ2n) is 8.53. The lowest BCUT2D eigenvalue weighted by Gasteiger charge is -2.46. The van der Waals surface area contributed by atoms with E-state index in [1.807, 2.05) is 34.9 Å². The van der Waals surface area contributed by atoms with E-state index in [2.05, 4.69) is 11.9 Å². The fourth-order valence-corrected chi connectivity index (χ4v) is 4.71. The summed E-state index contributed by atoms with van der Waals surface area (Å²) in [5, 5.41) is 0. The largest absolute Gasteiger partial charge is 0.342 e.